The molecule has 1 aromatic carbocycles. The lowest BCUT2D eigenvalue weighted by atomic mass is 10.0. The van der Waals surface area contributed by atoms with E-state index < -0.39 is 5.54 Å². The van der Waals surface area contributed by atoms with Crippen molar-refractivity contribution < 1.29 is 9.59 Å². The van der Waals surface area contributed by atoms with Crippen LogP contribution in [0.15, 0.2) is 18.2 Å². The van der Waals surface area contributed by atoms with Crippen LogP contribution in [0.5, 0.6) is 0 Å². The summed E-state index contributed by atoms with van der Waals surface area (Å²) >= 11 is 0. The van der Waals surface area contributed by atoms with Crippen molar-refractivity contribution in [2.75, 3.05) is 24.3 Å². The van der Waals surface area contributed by atoms with Gasteiger partial charge in [0, 0.05) is 18.4 Å². The fourth-order valence-corrected chi connectivity index (χ4v) is 1.95. The van der Waals surface area contributed by atoms with Crippen LogP contribution >= 0.6 is 0 Å². The molecule has 1 aromatic rings. The Morgan fingerprint density at radius 2 is 2.05 bits per heavy atom. The van der Waals surface area contributed by atoms with E-state index in [-0.39, 0.29) is 11.8 Å². The van der Waals surface area contributed by atoms with Crippen LogP contribution in [-0.2, 0) is 16.0 Å². The lowest BCUT2D eigenvalue weighted by Gasteiger charge is -2.23. The van der Waals surface area contributed by atoms with Gasteiger partial charge in [-0.2, -0.15) is 0 Å². The number of rotatable bonds is 3. The first-order valence-corrected chi connectivity index (χ1v) is 6.25. The average molecular weight is 261 g/mol. The molecular formula is C14H19N3O2. The molecule has 2 rings (SSSR count). The van der Waals surface area contributed by atoms with Gasteiger partial charge in [0.05, 0.1) is 12.0 Å². The maximum absolute atomic E-state index is 12.0. The van der Waals surface area contributed by atoms with E-state index in [1.165, 1.54) is 0 Å². The zero-order chi connectivity index (χ0) is 14.2. The first-order chi connectivity index (χ1) is 8.85. The molecule has 1 aliphatic heterocycles. The fourth-order valence-electron chi connectivity index (χ4n) is 1.95. The monoisotopic (exact) mass is 261 g/mol. The van der Waals surface area contributed by atoms with Gasteiger partial charge in [-0.05, 0) is 44.7 Å². The summed E-state index contributed by atoms with van der Waals surface area (Å²) in [5.74, 6) is -0.0262. The summed E-state index contributed by atoms with van der Waals surface area (Å²) in [5.41, 5.74) is 1.95. The molecule has 102 valence electrons. The van der Waals surface area contributed by atoms with Crippen molar-refractivity contribution in [1.82, 2.24) is 5.32 Å². The van der Waals surface area contributed by atoms with Gasteiger partial charge in [0.25, 0.3) is 0 Å². The Bertz CT molecular complexity index is 537. The van der Waals surface area contributed by atoms with E-state index in [1.54, 1.807) is 19.0 Å². The molecule has 2 amide bonds. The second-order valence-electron chi connectivity index (χ2n) is 5.30. The Kier molecular flexibility index (Phi) is 3.32. The Balaban J connectivity index is 2.19. The van der Waals surface area contributed by atoms with Gasteiger partial charge in [-0.15, -0.1) is 0 Å². The number of nitrogens with zero attached hydrogens (tertiary/aromatic N) is 1. The smallest absolute Gasteiger partial charge is 0.244 e. The number of hydrogen-bond donors (Lipinski definition) is 2. The normalized spacial score (nSPS) is 14.5. The van der Waals surface area contributed by atoms with E-state index in [0.717, 1.165) is 16.9 Å². The van der Waals surface area contributed by atoms with E-state index in [2.05, 4.69) is 10.6 Å². The minimum atomic E-state index is -0.633. The zero-order valence-electron chi connectivity index (χ0n) is 11.7. The molecule has 19 heavy (non-hydrogen) atoms. The molecule has 0 aliphatic carbocycles. The Labute approximate surface area is 113 Å². The molecule has 2 N–H and O–H groups in total. The molecule has 1 heterocycles. The van der Waals surface area contributed by atoms with E-state index in [0.29, 0.717) is 6.42 Å². The number of nitrogens with one attached hydrogen (secondary N) is 2. The molecule has 0 fully saturated rings. The summed E-state index contributed by atoms with van der Waals surface area (Å²) in [7, 11) is 3.51. The lowest BCUT2D eigenvalue weighted by Crippen LogP contribution is -2.47. The first kappa shape index (κ1) is 13.5. The summed E-state index contributed by atoms with van der Waals surface area (Å²) in [5, 5.41) is 5.81. The number of hydrogen-bond acceptors (Lipinski definition) is 3. The van der Waals surface area contributed by atoms with Crippen molar-refractivity contribution in [3.8, 4) is 0 Å². The van der Waals surface area contributed by atoms with E-state index in [9.17, 15) is 9.59 Å². The van der Waals surface area contributed by atoms with Crippen molar-refractivity contribution in [3.05, 3.63) is 23.8 Å². The van der Waals surface area contributed by atoms with Crippen LogP contribution in [0.2, 0.25) is 0 Å². The predicted octanol–water partition coefficient (Wildman–Crippen LogP) is 1.14. The number of benzene rings is 1. The highest BCUT2D eigenvalue weighted by atomic mass is 16.2. The standard InChI is InChI=1S/C14H19N3O2/c1-14(2,15-3)13(19)16-10-5-6-11-9(7-10)8-12(18)17(11)4/h5-7,15H,8H2,1-4H3,(H,16,19). The molecule has 5 nitrogen and oxygen atoms in total. The first-order valence-electron chi connectivity index (χ1n) is 6.25. The molecule has 0 atom stereocenters. The van der Waals surface area contributed by atoms with Gasteiger partial charge in [0.15, 0.2) is 0 Å². The second kappa shape index (κ2) is 4.66. The summed E-state index contributed by atoms with van der Waals surface area (Å²) in [6.07, 6.45) is 0.394. The summed E-state index contributed by atoms with van der Waals surface area (Å²) in [6, 6.07) is 5.54. The third kappa shape index (κ3) is 2.46. The number of likely N-dealkylation sites (N-methyl/N-ethyl adjacent to an activating group) is 2. The van der Waals surface area contributed by atoms with Crippen molar-refractivity contribution in [1.29, 1.82) is 0 Å². The minimum absolute atomic E-state index is 0.0778. The summed E-state index contributed by atoms with van der Waals surface area (Å²) in [4.78, 5) is 25.3. The number of anilines is 2. The Morgan fingerprint density at radius 3 is 2.68 bits per heavy atom. The molecule has 0 radical (unpaired) electrons. The van der Waals surface area contributed by atoms with E-state index >= 15 is 0 Å². The van der Waals surface area contributed by atoms with Crippen molar-refractivity contribution >= 4 is 23.2 Å². The highest BCUT2D eigenvalue weighted by Gasteiger charge is 2.27. The zero-order valence-corrected chi connectivity index (χ0v) is 11.7. The average Bonchev–Trinajstić information content (AvgIpc) is 2.64. The van der Waals surface area contributed by atoms with Crippen LogP contribution < -0.4 is 15.5 Å². The van der Waals surface area contributed by atoms with Crippen LogP contribution in [0.1, 0.15) is 19.4 Å². The molecule has 0 saturated heterocycles. The van der Waals surface area contributed by atoms with E-state index in [4.69, 9.17) is 0 Å². The molecule has 0 aromatic heterocycles. The van der Waals surface area contributed by atoms with Gasteiger partial charge < -0.3 is 15.5 Å². The van der Waals surface area contributed by atoms with Gasteiger partial charge in [-0.1, -0.05) is 0 Å². The Hall–Kier alpha value is -1.88. The van der Waals surface area contributed by atoms with Crippen LogP contribution in [-0.4, -0.2) is 31.4 Å². The second-order valence-corrected chi connectivity index (χ2v) is 5.30. The van der Waals surface area contributed by atoms with Gasteiger partial charge in [-0.3, -0.25) is 9.59 Å². The van der Waals surface area contributed by atoms with Crippen LogP contribution in [0.25, 0.3) is 0 Å². The number of amides is 2. The number of carbonyl (C=O) groups excluding carboxylic acids is 2. The maximum Gasteiger partial charge on any atom is 0.244 e. The van der Waals surface area contributed by atoms with Gasteiger partial charge in [-0.25, -0.2) is 0 Å². The van der Waals surface area contributed by atoms with Crippen molar-refractivity contribution in [3.63, 3.8) is 0 Å². The molecule has 1 aliphatic rings. The third-order valence-electron chi connectivity index (χ3n) is 3.61. The molecule has 0 bridgehead atoms. The highest BCUT2D eigenvalue weighted by molar-refractivity contribution is 6.02. The molecule has 5 heteroatoms. The van der Waals surface area contributed by atoms with Crippen LogP contribution in [0.4, 0.5) is 11.4 Å². The SMILES string of the molecule is CNC(C)(C)C(=O)Nc1ccc2c(c1)CC(=O)N2C. The molecular weight excluding hydrogens is 242 g/mol. The van der Waals surface area contributed by atoms with Crippen LogP contribution in [0.3, 0.4) is 0 Å². The van der Waals surface area contributed by atoms with E-state index in [1.807, 2.05) is 32.0 Å². The van der Waals surface area contributed by atoms with Crippen LogP contribution in [0, 0.1) is 0 Å². The van der Waals surface area contributed by atoms with Crippen molar-refractivity contribution in [2.24, 2.45) is 0 Å². The topological polar surface area (TPSA) is 61.4 Å². The van der Waals surface area contributed by atoms with Gasteiger partial charge in [0.1, 0.15) is 0 Å². The molecule has 0 unspecified atom stereocenters. The fraction of sp³-hybridized carbons (Fsp3) is 0.429. The largest absolute Gasteiger partial charge is 0.324 e. The summed E-state index contributed by atoms with van der Waals surface area (Å²) < 4.78 is 0. The number of fused-ring (bicyclic) bond motifs is 1. The quantitative estimate of drug-likeness (QED) is 0.858. The van der Waals surface area contributed by atoms with Gasteiger partial charge >= 0.3 is 0 Å². The molecule has 0 saturated carbocycles. The number of carbonyl (C=O) groups is 2. The lowest BCUT2D eigenvalue weighted by molar-refractivity contribution is -0.121. The highest BCUT2D eigenvalue weighted by Crippen LogP contribution is 2.30. The van der Waals surface area contributed by atoms with Gasteiger partial charge in [0.2, 0.25) is 11.8 Å². The molecule has 0 spiro atoms. The Morgan fingerprint density at radius 1 is 1.37 bits per heavy atom. The summed E-state index contributed by atoms with van der Waals surface area (Å²) in [6.45, 7) is 3.63. The third-order valence-corrected chi connectivity index (χ3v) is 3.61. The van der Waals surface area contributed by atoms with Crippen molar-refractivity contribution in [2.45, 2.75) is 25.8 Å². The maximum atomic E-state index is 12.0. The predicted molar refractivity (Wildman–Crippen MR) is 75.3 cm³/mol. The minimum Gasteiger partial charge on any atom is -0.324 e.